The van der Waals surface area contributed by atoms with Crippen LogP contribution in [0.2, 0.25) is 0 Å². The lowest BCUT2D eigenvalue weighted by Gasteiger charge is -2.27. The van der Waals surface area contributed by atoms with Crippen LogP contribution in [0.3, 0.4) is 0 Å². The van der Waals surface area contributed by atoms with E-state index in [2.05, 4.69) is 19.9 Å². The van der Waals surface area contributed by atoms with Gasteiger partial charge in [-0.1, -0.05) is 18.1 Å². The minimum Gasteiger partial charge on any atom is -0.466 e. The maximum Gasteiger partial charge on any atom is 0.305 e. The molecule has 0 aliphatic carbocycles. The molecule has 0 aromatic rings. The molecule has 1 rings (SSSR count). The Kier molecular flexibility index (Phi) is 8.62. The summed E-state index contributed by atoms with van der Waals surface area (Å²) in [6.07, 6.45) is 8.47. The molecule has 1 aliphatic rings. The number of hydrogen-bond donors (Lipinski definition) is 0. The molecule has 4 heteroatoms. The second kappa shape index (κ2) is 9.96. The normalized spacial score (nSPS) is 16.7. The van der Waals surface area contributed by atoms with Crippen molar-refractivity contribution < 1.29 is 19.0 Å². The smallest absolute Gasteiger partial charge is 0.305 e. The maximum atomic E-state index is 11.3. The van der Waals surface area contributed by atoms with E-state index >= 15 is 0 Å². The monoisotopic (exact) mass is 298 g/mol. The van der Waals surface area contributed by atoms with Gasteiger partial charge in [-0.25, -0.2) is 0 Å². The van der Waals surface area contributed by atoms with E-state index in [0.29, 0.717) is 26.2 Å². The van der Waals surface area contributed by atoms with Gasteiger partial charge < -0.3 is 14.2 Å². The third-order valence-electron chi connectivity index (χ3n) is 3.64. The number of rotatable bonds is 10. The van der Waals surface area contributed by atoms with Gasteiger partial charge in [0.25, 0.3) is 0 Å². The lowest BCUT2D eigenvalue weighted by molar-refractivity contribution is -0.167. The second-order valence-electron chi connectivity index (χ2n) is 5.79. The van der Waals surface area contributed by atoms with Gasteiger partial charge in [0.05, 0.1) is 19.8 Å². The van der Waals surface area contributed by atoms with Crippen molar-refractivity contribution in [2.45, 2.75) is 71.5 Å². The van der Waals surface area contributed by atoms with Gasteiger partial charge in [-0.2, -0.15) is 0 Å². The number of carbonyl (C=O) groups excluding carboxylic acids is 1. The second-order valence-corrected chi connectivity index (χ2v) is 5.79. The third kappa shape index (κ3) is 7.63. The molecule has 122 valence electrons. The summed E-state index contributed by atoms with van der Waals surface area (Å²) >= 11 is 0. The fourth-order valence-corrected chi connectivity index (χ4v) is 2.57. The van der Waals surface area contributed by atoms with Gasteiger partial charge >= 0.3 is 5.97 Å². The lowest BCUT2D eigenvalue weighted by atomic mass is 10.0. The first-order valence-electron chi connectivity index (χ1n) is 8.15. The predicted molar refractivity (Wildman–Crippen MR) is 83.0 cm³/mol. The van der Waals surface area contributed by atoms with Crippen LogP contribution in [-0.2, 0) is 19.0 Å². The highest BCUT2D eigenvalue weighted by molar-refractivity contribution is 5.69. The zero-order valence-electron chi connectivity index (χ0n) is 13.8. The number of unbranched alkanes of at least 4 members (excludes halogenated alkanes) is 2. The molecule has 0 radical (unpaired) electrons. The lowest BCUT2D eigenvalue weighted by Crippen LogP contribution is -2.29. The van der Waals surface area contributed by atoms with E-state index in [1.165, 1.54) is 5.57 Å². The summed E-state index contributed by atoms with van der Waals surface area (Å²) in [6, 6.07) is 0. The summed E-state index contributed by atoms with van der Waals surface area (Å²) in [7, 11) is 0. The molecule has 4 nitrogen and oxygen atoms in total. The van der Waals surface area contributed by atoms with Gasteiger partial charge in [-0.3, -0.25) is 4.79 Å². The molecular formula is C17H30O4. The first-order valence-corrected chi connectivity index (χ1v) is 8.15. The minimum atomic E-state index is -0.393. The molecule has 1 fully saturated rings. The Hall–Kier alpha value is -0.870. The topological polar surface area (TPSA) is 44.8 Å². The number of allylic oxidation sites excluding steroid dienone is 2. The van der Waals surface area contributed by atoms with Gasteiger partial charge in [-0.05, 0) is 40.0 Å². The molecular weight excluding hydrogens is 268 g/mol. The van der Waals surface area contributed by atoms with E-state index in [-0.39, 0.29) is 5.97 Å². The average molecular weight is 298 g/mol. The molecule has 1 saturated heterocycles. The predicted octanol–water partition coefficient (Wildman–Crippen LogP) is 3.99. The fourth-order valence-electron chi connectivity index (χ4n) is 2.57. The van der Waals surface area contributed by atoms with Gasteiger partial charge in [0, 0.05) is 19.3 Å². The highest BCUT2D eigenvalue weighted by atomic mass is 16.7. The average Bonchev–Trinajstić information content (AvgIpc) is 2.87. The zero-order valence-corrected chi connectivity index (χ0v) is 13.8. The van der Waals surface area contributed by atoms with Crippen molar-refractivity contribution in [3.8, 4) is 0 Å². The van der Waals surface area contributed by atoms with Crippen LogP contribution in [0.5, 0.6) is 0 Å². The SMILES string of the molecule is CCOC(=O)CCCCCC1(CCC=C(C)C)OCCO1. The molecule has 0 aromatic carbocycles. The van der Waals surface area contributed by atoms with Gasteiger partial charge in [-0.15, -0.1) is 0 Å². The van der Waals surface area contributed by atoms with E-state index < -0.39 is 5.79 Å². The first-order chi connectivity index (χ1) is 10.1. The summed E-state index contributed by atoms with van der Waals surface area (Å²) in [5, 5.41) is 0. The Balaban J connectivity index is 2.22. The first kappa shape index (κ1) is 18.2. The highest BCUT2D eigenvalue weighted by Gasteiger charge is 2.34. The van der Waals surface area contributed by atoms with Crippen molar-refractivity contribution in [2.75, 3.05) is 19.8 Å². The van der Waals surface area contributed by atoms with E-state index in [9.17, 15) is 4.79 Å². The van der Waals surface area contributed by atoms with Crippen molar-refractivity contribution >= 4 is 5.97 Å². The molecule has 0 saturated carbocycles. The molecule has 21 heavy (non-hydrogen) atoms. The summed E-state index contributed by atoms with van der Waals surface area (Å²) in [5.41, 5.74) is 1.33. The number of hydrogen-bond acceptors (Lipinski definition) is 4. The molecule has 0 spiro atoms. The zero-order chi connectivity index (χ0) is 15.6. The Morgan fingerprint density at radius 3 is 2.48 bits per heavy atom. The maximum absolute atomic E-state index is 11.3. The van der Waals surface area contributed by atoms with Crippen LogP contribution in [0, 0.1) is 0 Å². The summed E-state index contributed by atoms with van der Waals surface area (Å²) < 4.78 is 16.6. The van der Waals surface area contributed by atoms with Crippen molar-refractivity contribution in [1.82, 2.24) is 0 Å². The van der Waals surface area contributed by atoms with E-state index in [1.54, 1.807) is 0 Å². The number of esters is 1. The molecule has 1 heterocycles. The molecule has 1 aliphatic heterocycles. The van der Waals surface area contributed by atoms with Crippen LogP contribution in [0.1, 0.15) is 65.7 Å². The van der Waals surface area contributed by atoms with Crippen LogP contribution >= 0.6 is 0 Å². The molecule has 0 unspecified atom stereocenters. The third-order valence-corrected chi connectivity index (χ3v) is 3.64. The largest absolute Gasteiger partial charge is 0.466 e. The van der Waals surface area contributed by atoms with Crippen molar-refractivity contribution in [3.05, 3.63) is 11.6 Å². The molecule has 0 N–H and O–H groups in total. The summed E-state index contributed by atoms with van der Waals surface area (Å²) in [6.45, 7) is 7.91. The summed E-state index contributed by atoms with van der Waals surface area (Å²) in [4.78, 5) is 11.3. The van der Waals surface area contributed by atoms with E-state index in [0.717, 1.165) is 38.5 Å². The molecule has 0 aromatic heterocycles. The molecule has 0 atom stereocenters. The Morgan fingerprint density at radius 2 is 1.86 bits per heavy atom. The van der Waals surface area contributed by atoms with Crippen molar-refractivity contribution in [1.29, 1.82) is 0 Å². The van der Waals surface area contributed by atoms with Crippen LogP contribution < -0.4 is 0 Å². The standard InChI is InChI=1S/C17H30O4/c1-4-19-16(18)10-6-5-7-11-17(20-13-14-21-17)12-8-9-15(2)3/h9H,4-8,10-14H2,1-3H3. The van der Waals surface area contributed by atoms with Gasteiger partial charge in [0.15, 0.2) is 5.79 Å². The quantitative estimate of drug-likeness (QED) is 0.347. The Bertz CT molecular complexity index is 326. The van der Waals surface area contributed by atoms with Crippen LogP contribution in [-0.4, -0.2) is 31.6 Å². The highest BCUT2D eigenvalue weighted by Crippen LogP contribution is 2.31. The van der Waals surface area contributed by atoms with Crippen molar-refractivity contribution in [3.63, 3.8) is 0 Å². The summed E-state index contributed by atoms with van der Waals surface area (Å²) in [5.74, 6) is -0.486. The Labute approximate surface area is 128 Å². The number of carbonyl (C=O) groups is 1. The van der Waals surface area contributed by atoms with E-state index in [4.69, 9.17) is 14.2 Å². The van der Waals surface area contributed by atoms with Crippen LogP contribution in [0.25, 0.3) is 0 Å². The van der Waals surface area contributed by atoms with E-state index in [1.807, 2.05) is 6.92 Å². The van der Waals surface area contributed by atoms with Crippen LogP contribution in [0.15, 0.2) is 11.6 Å². The minimum absolute atomic E-state index is 0.0934. The molecule has 0 bridgehead atoms. The number of ether oxygens (including phenoxy) is 3. The van der Waals surface area contributed by atoms with Gasteiger partial charge in [0.2, 0.25) is 0 Å². The van der Waals surface area contributed by atoms with Gasteiger partial charge in [0.1, 0.15) is 0 Å². The Morgan fingerprint density at radius 1 is 1.14 bits per heavy atom. The molecule has 0 amide bonds. The van der Waals surface area contributed by atoms with Crippen molar-refractivity contribution in [2.24, 2.45) is 0 Å². The van der Waals surface area contributed by atoms with Crippen LogP contribution in [0.4, 0.5) is 0 Å². The fraction of sp³-hybridized carbons (Fsp3) is 0.824.